The van der Waals surface area contributed by atoms with Gasteiger partial charge >= 0.3 is 0 Å². The molecule has 7 heteroatoms. The summed E-state index contributed by atoms with van der Waals surface area (Å²) >= 11 is 0. The molecule has 0 bridgehead atoms. The van der Waals surface area contributed by atoms with Crippen molar-refractivity contribution in [1.29, 1.82) is 0 Å². The molecular formula is C11H17N6O+. The quantitative estimate of drug-likeness (QED) is 0.679. The number of nitrogen functional groups attached to an aromatic ring is 1. The van der Waals surface area contributed by atoms with Crippen molar-refractivity contribution in [2.75, 3.05) is 38.6 Å². The van der Waals surface area contributed by atoms with E-state index < -0.39 is 0 Å². The summed E-state index contributed by atoms with van der Waals surface area (Å²) in [6, 6.07) is 0. The van der Waals surface area contributed by atoms with Crippen LogP contribution in [-0.4, -0.2) is 52.4 Å². The Morgan fingerprint density at radius 1 is 1.28 bits per heavy atom. The maximum absolute atomic E-state index is 5.76. The topological polar surface area (TPSA) is 83.3 Å². The first-order valence-electron chi connectivity index (χ1n) is 6.17. The number of hydrogen-bond donors (Lipinski definition) is 2. The van der Waals surface area contributed by atoms with Gasteiger partial charge in [-0.25, -0.2) is 15.0 Å². The zero-order valence-electron chi connectivity index (χ0n) is 10.2. The molecule has 1 saturated heterocycles. The highest BCUT2D eigenvalue weighted by molar-refractivity contribution is 5.80. The lowest BCUT2D eigenvalue weighted by molar-refractivity contribution is -0.908. The van der Waals surface area contributed by atoms with Crippen LogP contribution >= 0.6 is 0 Å². The Morgan fingerprint density at radius 3 is 2.94 bits per heavy atom. The van der Waals surface area contributed by atoms with Gasteiger partial charge in [0.2, 0.25) is 0 Å². The number of hydrogen-bond acceptors (Lipinski definition) is 5. The summed E-state index contributed by atoms with van der Waals surface area (Å²) < 4.78 is 7.38. The normalized spacial score (nSPS) is 17.3. The van der Waals surface area contributed by atoms with Gasteiger partial charge in [0.25, 0.3) is 0 Å². The van der Waals surface area contributed by atoms with E-state index in [2.05, 4.69) is 15.0 Å². The molecule has 1 fully saturated rings. The van der Waals surface area contributed by atoms with Gasteiger partial charge in [0.05, 0.1) is 32.6 Å². The van der Waals surface area contributed by atoms with E-state index in [1.54, 1.807) is 11.2 Å². The van der Waals surface area contributed by atoms with Crippen molar-refractivity contribution in [3.63, 3.8) is 0 Å². The summed E-state index contributed by atoms with van der Waals surface area (Å²) in [4.78, 5) is 14.0. The van der Waals surface area contributed by atoms with Crippen molar-refractivity contribution in [2.45, 2.75) is 6.54 Å². The molecule has 0 aromatic carbocycles. The zero-order chi connectivity index (χ0) is 12.4. The predicted molar refractivity (Wildman–Crippen MR) is 66.1 cm³/mol. The maximum Gasteiger partial charge on any atom is 0.165 e. The minimum Gasteiger partial charge on any atom is -0.382 e. The first-order valence-corrected chi connectivity index (χ1v) is 6.17. The van der Waals surface area contributed by atoms with Crippen LogP contribution in [0.15, 0.2) is 12.7 Å². The first-order chi connectivity index (χ1) is 8.84. The molecule has 0 spiro atoms. The lowest BCUT2D eigenvalue weighted by Crippen LogP contribution is -3.14. The Labute approximate surface area is 105 Å². The summed E-state index contributed by atoms with van der Waals surface area (Å²) in [6.07, 6.45) is 3.27. The summed E-state index contributed by atoms with van der Waals surface area (Å²) in [7, 11) is 0. The Bertz CT molecular complexity index is 533. The second kappa shape index (κ2) is 4.87. The van der Waals surface area contributed by atoms with Gasteiger partial charge in [-0.05, 0) is 0 Å². The molecular weight excluding hydrogens is 232 g/mol. The molecule has 0 atom stereocenters. The molecule has 0 saturated carbocycles. The molecule has 3 heterocycles. The van der Waals surface area contributed by atoms with Gasteiger partial charge in [-0.2, -0.15) is 0 Å². The second-order valence-corrected chi connectivity index (χ2v) is 4.48. The molecule has 7 nitrogen and oxygen atoms in total. The molecule has 3 rings (SSSR count). The molecule has 2 aromatic heterocycles. The summed E-state index contributed by atoms with van der Waals surface area (Å²) in [5.41, 5.74) is 7.26. The van der Waals surface area contributed by atoms with Crippen LogP contribution < -0.4 is 10.6 Å². The third kappa shape index (κ3) is 2.14. The van der Waals surface area contributed by atoms with Crippen molar-refractivity contribution >= 4 is 17.0 Å². The van der Waals surface area contributed by atoms with Crippen LogP contribution in [-0.2, 0) is 11.3 Å². The number of morpholine rings is 1. The molecule has 0 radical (unpaired) electrons. The second-order valence-electron chi connectivity index (χ2n) is 4.48. The van der Waals surface area contributed by atoms with Crippen molar-refractivity contribution < 1.29 is 9.64 Å². The minimum atomic E-state index is 0.442. The van der Waals surface area contributed by atoms with Crippen molar-refractivity contribution in [3.05, 3.63) is 12.7 Å². The van der Waals surface area contributed by atoms with E-state index >= 15 is 0 Å². The van der Waals surface area contributed by atoms with Gasteiger partial charge in [-0.15, -0.1) is 0 Å². The van der Waals surface area contributed by atoms with Gasteiger partial charge in [-0.3, -0.25) is 0 Å². The Hall–Kier alpha value is -1.73. The molecule has 0 unspecified atom stereocenters. The van der Waals surface area contributed by atoms with E-state index in [1.165, 1.54) is 6.33 Å². The lowest BCUT2D eigenvalue weighted by atomic mass is 10.4. The number of fused-ring (bicyclic) bond motifs is 1. The third-order valence-electron chi connectivity index (χ3n) is 3.34. The molecule has 18 heavy (non-hydrogen) atoms. The van der Waals surface area contributed by atoms with E-state index in [4.69, 9.17) is 10.5 Å². The fraction of sp³-hybridized carbons (Fsp3) is 0.545. The van der Waals surface area contributed by atoms with Crippen molar-refractivity contribution in [2.24, 2.45) is 0 Å². The maximum atomic E-state index is 5.76. The number of quaternary nitrogens is 1. The number of rotatable bonds is 3. The highest BCUT2D eigenvalue weighted by Crippen LogP contribution is 2.13. The van der Waals surface area contributed by atoms with E-state index in [-0.39, 0.29) is 0 Å². The Kier molecular flexibility index (Phi) is 3.07. The van der Waals surface area contributed by atoms with Crippen LogP contribution in [0.2, 0.25) is 0 Å². The summed E-state index contributed by atoms with van der Waals surface area (Å²) in [6.45, 7) is 5.80. The zero-order valence-corrected chi connectivity index (χ0v) is 10.2. The predicted octanol–water partition coefficient (Wildman–Crippen LogP) is -1.68. The third-order valence-corrected chi connectivity index (χ3v) is 3.34. The molecule has 2 aromatic rings. The molecule has 1 aliphatic heterocycles. The molecule has 0 aliphatic carbocycles. The monoisotopic (exact) mass is 249 g/mol. The van der Waals surface area contributed by atoms with Crippen LogP contribution in [0.25, 0.3) is 11.2 Å². The standard InChI is InChI=1S/C11H16N6O/c12-10-9-11(14-7-13-10)17(8-15-9)2-1-16-3-5-18-6-4-16/h7-8H,1-6H2,(H2,12,13,14)/p+1. The van der Waals surface area contributed by atoms with Crippen molar-refractivity contribution in [3.8, 4) is 0 Å². The number of nitrogens with zero attached hydrogens (tertiary/aromatic N) is 4. The first kappa shape index (κ1) is 11.4. The SMILES string of the molecule is Nc1ncnc2c1ncn2CC[NH+]1CCOCC1. The number of aromatic nitrogens is 4. The van der Waals surface area contributed by atoms with Crippen LogP contribution in [0.1, 0.15) is 0 Å². The van der Waals surface area contributed by atoms with Gasteiger partial charge in [0, 0.05) is 0 Å². The van der Waals surface area contributed by atoms with E-state index in [1.807, 2.05) is 4.57 Å². The molecule has 1 aliphatic rings. The summed E-state index contributed by atoms with van der Waals surface area (Å²) in [5.74, 6) is 0.442. The Morgan fingerprint density at radius 2 is 2.11 bits per heavy atom. The number of nitrogens with two attached hydrogens (primary N) is 1. The highest BCUT2D eigenvalue weighted by Gasteiger charge is 2.14. The van der Waals surface area contributed by atoms with E-state index in [0.717, 1.165) is 45.0 Å². The van der Waals surface area contributed by atoms with E-state index in [9.17, 15) is 0 Å². The number of nitrogens with one attached hydrogen (secondary N) is 1. The number of imidazole rings is 1. The highest BCUT2D eigenvalue weighted by atomic mass is 16.5. The van der Waals surface area contributed by atoms with Crippen LogP contribution in [0.3, 0.4) is 0 Å². The lowest BCUT2D eigenvalue weighted by Gasteiger charge is -2.23. The number of anilines is 1. The van der Waals surface area contributed by atoms with Gasteiger partial charge in [0.1, 0.15) is 24.9 Å². The van der Waals surface area contributed by atoms with Gasteiger partial charge < -0.3 is 19.9 Å². The molecule has 3 N–H and O–H groups in total. The van der Waals surface area contributed by atoms with Gasteiger partial charge in [0.15, 0.2) is 11.5 Å². The Balaban J connectivity index is 1.72. The smallest absolute Gasteiger partial charge is 0.165 e. The largest absolute Gasteiger partial charge is 0.382 e. The molecule has 96 valence electrons. The molecule has 0 amide bonds. The van der Waals surface area contributed by atoms with Crippen LogP contribution in [0.4, 0.5) is 5.82 Å². The van der Waals surface area contributed by atoms with Crippen LogP contribution in [0.5, 0.6) is 0 Å². The van der Waals surface area contributed by atoms with Crippen LogP contribution in [0, 0.1) is 0 Å². The average molecular weight is 249 g/mol. The summed E-state index contributed by atoms with van der Waals surface area (Å²) in [5, 5.41) is 0. The minimum absolute atomic E-state index is 0.442. The van der Waals surface area contributed by atoms with Crippen molar-refractivity contribution in [1.82, 2.24) is 19.5 Å². The number of ether oxygens (including phenoxy) is 1. The fourth-order valence-corrected chi connectivity index (χ4v) is 2.25. The fourth-order valence-electron chi connectivity index (χ4n) is 2.25. The average Bonchev–Trinajstić information content (AvgIpc) is 2.82. The van der Waals surface area contributed by atoms with Gasteiger partial charge in [-0.1, -0.05) is 0 Å². The van der Waals surface area contributed by atoms with E-state index in [0.29, 0.717) is 11.3 Å².